The van der Waals surface area contributed by atoms with E-state index >= 15 is 0 Å². The largest absolute Gasteiger partial charge is 0.507 e. The zero-order valence-electron chi connectivity index (χ0n) is 17.1. The van der Waals surface area contributed by atoms with E-state index in [2.05, 4.69) is 16.4 Å². The highest BCUT2D eigenvalue weighted by Gasteiger charge is 2.27. The summed E-state index contributed by atoms with van der Waals surface area (Å²) in [5, 5.41) is 13.6. The fraction of sp³-hybridized carbons (Fsp3) is 0.458. The van der Waals surface area contributed by atoms with Gasteiger partial charge in [0, 0.05) is 49.3 Å². The van der Waals surface area contributed by atoms with E-state index in [9.17, 15) is 14.7 Å². The van der Waals surface area contributed by atoms with E-state index < -0.39 is 0 Å². The molecule has 5 nitrogen and oxygen atoms in total. The number of carbonyl (C=O) groups excluding carboxylic acids is 2. The third-order valence-electron chi connectivity index (χ3n) is 5.68. The second kappa shape index (κ2) is 10.2. The lowest BCUT2D eigenvalue weighted by atomic mass is 9.93. The number of phenolic OH excluding ortho intramolecular Hbond substituents is 1. The fourth-order valence-corrected chi connectivity index (χ4v) is 4.17. The number of fused-ring (bicyclic) bond motifs is 1. The molecule has 1 aliphatic rings. The molecule has 3 rings (SSSR count). The summed E-state index contributed by atoms with van der Waals surface area (Å²) in [6, 6.07) is 9.84. The lowest BCUT2D eigenvalue weighted by Crippen LogP contribution is -2.22. The van der Waals surface area contributed by atoms with E-state index in [0.29, 0.717) is 13.0 Å². The lowest BCUT2D eigenvalue weighted by molar-refractivity contribution is -0.119. The van der Waals surface area contributed by atoms with Gasteiger partial charge in [0.15, 0.2) is 0 Å². The molecule has 29 heavy (non-hydrogen) atoms. The third kappa shape index (κ3) is 5.89. The number of aromatic nitrogens is 1. The molecule has 1 aliphatic carbocycles. The summed E-state index contributed by atoms with van der Waals surface area (Å²) in [6.45, 7) is 2.12. The Kier molecular flexibility index (Phi) is 7.39. The number of phenols is 1. The quantitative estimate of drug-likeness (QED) is 0.600. The van der Waals surface area contributed by atoms with Crippen LogP contribution in [0, 0.1) is 0 Å². The van der Waals surface area contributed by atoms with E-state index in [1.54, 1.807) is 6.20 Å². The number of pyridine rings is 1. The predicted octanol–water partition coefficient (Wildman–Crippen LogP) is 3.87. The number of rotatable bonds is 10. The van der Waals surface area contributed by atoms with Crippen LogP contribution in [0.4, 0.5) is 0 Å². The Bertz CT molecular complexity index is 849. The first-order chi connectivity index (χ1) is 14.0. The summed E-state index contributed by atoms with van der Waals surface area (Å²) in [5.41, 5.74) is 3.93. The Morgan fingerprint density at radius 2 is 2.07 bits per heavy atom. The van der Waals surface area contributed by atoms with Crippen LogP contribution < -0.4 is 5.32 Å². The number of hydrogen-bond donors (Lipinski definition) is 2. The Labute approximate surface area is 172 Å². The van der Waals surface area contributed by atoms with Gasteiger partial charge >= 0.3 is 0 Å². The van der Waals surface area contributed by atoms with Gasteiger partial charge in [-0.05, 0) is 62.1 Å². The van der Waals surface area contributed by atoms with Gasteiger partial charge in [0.2, 0.25) is 5.91 Å². The molecule has 0 saturated carbocycles. The number of Topliss-reactive ketones (excluding diaryl/α,β-unsaturated/α-hetero) is 1. The summed E-state index contributed by atoms with van der Waals surface area (Å²) in [6.07, 6.45) is 7.98. The highest BCUT2D eigenvalue weighted by atomic mass is 16.3. The van der Waals surface area contributed by atoms with Crippen molar-refractivity contribution in [2.45, 2.75) is 64.2 Å². The molecule has 154 valence electrons. The topological polar surface area (TPSA) is 79.3 Å². The first kappa shape index (κ1) is 21.0. The minimum absolute atomic E-state index is 0.0326. The minimum atomic E-state index is -0.0326. The van der Waals surface area contributed by atoms with Crippen LogP contribution >= 0.6 is 0 Å². The summed E-state index contributed by atoms with van der Waals surface area (Å²) in [7, 11) is 0. The molecule has 1 atom stereocenters. The zero-order chi connectivity index (χ0) is 20.6. The standard InChI is InChI=1S/C24H30N2O3/c1-17(27)25-15-13-19-10-9-18-11-12-20(24(29)23(18)19)16-22(28)8-3-2-6-21-7-4-5-14-26-21/h4-5,7,11-12,14,19,29H,2-3,6,8-10,13,15-16H2,1H3,(H,25,27). The van der Waals surface area contributed by atoms with Crippen LogP contribution in [0.3, 0.4) is 0 Å². The number of ketones is 1. The summed E-state index contributed by atoms with van der Waals surface area (Å²) >= 11 is 0. The first-order valence-electron chi connectivity index (χ1n) is 10.5. The van der Waals surface area contributed by atoms with Crippen molar-refractivity contribution in [3.8, 4) is 5.75 Å². The van der Waals surface area contributed by atoms with Crippen molar-refractivity contribution in [1.82, 2.24) is 10.3 Å². The number of hydrogen-bond acceptors (Lipinski definition) is 4. The number of carbonyl (C=O) groups is 2. The summed E-state index contributed by atoms with van der Waals surface area (Å²) in [5.74, 6) is 0.656. The van der Waals surface area contributed by atoms with Gasteiger partial charge in [-0.2, -0.15) is 0 Å². The van der Waals surface area contributed by atoms with Crippen molar-refractivity contribution >= 4 is 11.7 Å². The molecule has 1 aromatic heterocycles. The van der Waals surface area contributed by atoms with Crippen molar-refractivity contribution in [2.24, 2.45) is 0 Å². The average Bonchev–Trinajstić information content (AvgIpc) is 3.12. The molecule has 0 bridgehead atoms. The molecule has 2 aromatic rings. The number of nitrogens with one attached hydrogen (secondary N) is 1. The van der Waals surface area contributed by atoms with E-state index in [4.69, 9.17) is 0 Å². The van der Waals surface area contributed by atoms with Gasteiger partial charge in [-0.1, -0.05) is 18.2 Å². The molecule has 1 aromatic carbocycles. The van der Waals surface area contributed by atoms with Crippen molar-refractivity contribution in [2.75, 3.05) is 6.54 Å². The van der Waals surface area contributed by atoms with Gasteiger partial charge < -0.3 is 10.4 Å². The summed E-state index contributed by atoms with van der Waals surface area (Å²) in [4.78, 5) is 27.8. The van der Waals surface area contributed by atoms with Crippen LogP contribution in [-0.4, -0.2) is 28.3 Å². The molecule has 0 fully saturated rings. The molecule has 1 amide bonds. The first-order valence-corrected chi connectivity index (χ1v) is 10.5. The third-order valence-corrected chi connectivity index (χ3v) is 5.68. The van der Waals surface area contributed by atoms with E-state index in [1.807, 2.05) is 24.3 Å². The molecule has 0 aliphatic heterocycles. The fourth-order valence-electron chi connectivity index (χ4n) is 4.17. The number of nitrogens with zero attached hydrogens (tertiary/aromatic N) is 1. The highest BCUT2D eigenvalue weighted by molar-refractivity contribution is 5.81. The molecule has 2 N–H and O–H groups in total. The van der Waals surface area contributed by atoms with E-state index in [0.717, 1.165) is 55.3 Å². The normalized spacial score (nSPS) is 15.1. The van der Waals surface area contributed by atoms with Crippen LogP contribution in [0.2, 0.25) is 0 Å². The Morgan fingerprint density at radius 3 is 2.83 bits per heavy atom. The monoisotopic (exact) mass is 394 g/mol. The van der Waals surface area contributed by atoms with Gasteiger partial charge in [0.1, 0.15) is 11.5 Å². The molecule has 5 heteroatoms. The van der Waals surface area contributed by atoms with Gasteiger partial charge in [-0.15, -0.1) is 0 Å². The molecule has 0 spiro atoms. The predicted molar refractivity (Wildman–Crippen MR) is 113 cm³/mol. The Balaban J connectivity index is 1.52. The van der Waals surface area contributed by atoms with Crippen LogP contribution in [0.25, 0.3) is 0 Å². The van der Waals surface area contributed by atoms with Gasteiger partial charge in [-0.25, -0.2) is 0 Å². The molecular formula is C24H30N2O3. The Hall–Kier alpha value is -2.69. The maximum Gasteiger partial charge on any atom is 0.216 e. The number of aryl methyl sites for hydroxylation is 2. The molecule has 1 unspecified atom stereocenters. The second-order valence-electron chi connectivity index (χ2n) is 7.90. The van der Waals surface area contributed by atoms with Crippen LogP contribution in [-0.2, 0) is 28.9 Å². The number of amides is 1. The van der Waals surface area contributed by atoms with Crippen LogP contribution in [0.1, 0.15) is 67.3 Å². The Morgan fingerprint density at radius 1 is 1.21 bits per heavy atom. The van der Waals surface area contributed by atoms with Gasteiger partial charge in [-0.3, -0.25) is 14.6 Å². The zero-order valence-corrected chi connectivity index (χ0v) is 17.1. The van der Waals surface area contributed by atoms with Crippen molar-refractivity contribution in [3.05, 3.63) is 58.9 Å². The second-order valence-corrected chi connectivity index (χ2v) is 7.90. The maximum atomic E-state index is 12.4. The van der Waals surface area contributed by atoms with Crippen molar-refractivity contribution in [1.29, 1.82) is 0 Å². The number of benzene rings is 1. The average molecular weight is 395 g/mol. The van der Waals surface area contributed by atoms with Crippen LogP contribution in [0.15, 0.2) is 36.5 Å². The number of aromatic hydroxyl groups is 1. The van der Waals surface area contributed by atoms with Crippen molar-refractivity contribution < 1.29 is 14.7 Å². The van der Waals surface area contributed by atoms with Crippen LogP contribution in [0.5, 0.6) is 5.75 Å². The molecule has 0 saturated heterocycles. The smallest absolute Gasteiger partial charge is 0.216 e. The van der Waals surface area contributed by atoms with Gasteiger partial charge in [0.25, 0.3) is 0 Å². The highest BCUT2D eigenvalue weighted by Crippen LogP contribution is 2.42. The van der Waals surface area contributed by atoms with E-state index in [-0.39, 0.29) is 29.8 Å². The lowest BCUT2D eigenvalue weighted by Gasteiger charge is -2.16. The SMILES string of the molecule is CC(=O)NCCC1CCc2ccc(CC(=O)CCCCc3ccccn3)c(O)c21. The molecule has 1 heterocycles. The summed E-state index contributed by atoms with van der Waals surface area (Å²) < 4.78 is 0. The molecule has 0 radical (unpaired) electrons. The van der Waals surface area contributed by atoms with Gasteiger partial charge in [0.05, 0.1) is 0 Å². The maximum absolute atomic E-state index is 12.4. The molecular weight excluding hydrogens is 364 g/mol. The van der Waals surface area contributed by atoms with E-state index in [1.165, 1.54) is 12.5 Å². The van der Waals surface area contributed by atoms with Crippen molar-refractivity contribution in [3.63, 3.8) is 0 Å². The minimum Gasteiger partial charge on any atom is -0.507 e. The number of unbranched alkanes of at least 4 members (excludes halogenated alkanes) is 1.